The second-order valence-corrected chi connectivity index (χ2v) is 8.34. The molecule has 0 bridgehead atoms. The zero-order valence-electron chi connectivity index (χ0n) is 19.6. The Kier molecular flexibility index (Phi) is 8.71. The molecular formula is C25H38N6. The van der Waals surface area contributed by atoms with Crippen LogP contribution in [0.25, 0.3) is 0 Å². The third-order valence-corrected chi connectivity index (χ3v) is 5.90. The van der Waals surface area contributed by atoms with Crippen LogP contribution in [0.1, 0.15) is 43.4 Å². The topological polar surface area (TPSA) is 55.8 Å². The first-order chi connectivity index (χ1) is 15.1. The van der Waals surface area contributed by atoms with Crippen LogP contribution in [0.2, 0.25) is 0 Å². The van der Waals surface area contributed by atoms with Crippen LogP contribution < -0.4 is 15.5 Å². The first-order valence-electron chi connectivity index (χ1n) is 11.6. The maximum absolute atomic E-state index is 4.76. The van der Waals surface area contributed by atoms with Crippen LogP contribution in [0.5, 0.6) is 0 Å². The number of aliphatic imine (C=N–C) groups is 1. The monoisotopic (exact) mass is 422 g/mol. The van der Waals surface area contributed by atoms with E-state index in [9.17, 15) is 0 Å². The van der Waals surface area contributed by atoms with Gasteiger partial charge in [-0.05, 0) is 43.5 Å². The summed E-state index contributed by atoms with van der Waals surface area (Å²) in [4.78, 5) is 14.3. The molecule has 1 saturated heterocycles. The van der Waals surface area contributed by atoms with Crippen molar-refractivity contribution < 1.29 is 0 Å². The highest BCUT2D eigenvalue weighted by atomic mass is 15.3. The Morgan fingerprint density at radius 2 is 1.90 bits per heavy atom. The lowest BCUT2D eigenvalue weighted by molar-refractivity contribution is 0.270. The first kappa shape index (κ1) is 23.1. The molecule has 0 radical (unpaired) electrons. The van der Waals surface area contributed by atoms with Gasteiger partial charge in [-0.2, -0.15) is 0 Å². The highest BCUT2D eigenvalue weighted by Gasteiger charge is 2.16. The second-order valence-electron chi connectivity index (χ2n) is 8.34. The van der Waals surface area contributed by atoms with Gasteiger partial charge < -0.3 is 20.4 Å². The lowest BCUT2D eigenvalue weighted by atomic mass is 9.99. The number of rotatable bonds is 8. The van der Waals surface area contributed by atoms with E-state index < -0.39 is 0 Å². The zero-order valence-corrected chi connectivity index (χ0v) is 19.6. The van der Waals surface area contributed by atoms with Gasteiger partial charge in [0.1, 0.15) is 5.82 Å². The summed E-state index contributed by atoms with van der Waals surface area (Å²) in [6, 6.07) is 13.0. The summed E-state index contributed by atoms with van der Waals surface area (Å²) in [6.45, 7) is 16.5. The van der Waals surface area contributed by atoms with Crippen molar-refractivity contribution in [3.8, 4) is 0 Å². The molecule has 2 heterocycles. The Morgan fingerprint density at radius 3 is 2.55 bits per heavy atom. The Hall–Kier alpha value is -2.60. The van der Waals surface area contributed by atoms with Crippen LogP contribution in [0.4, 0.5) is 5.82 Å². The molecule has 1 aromatic heterocycles. The van der Waals surface area contributed by atoms with Gasteiger partial charge >= 0.3 is 0 Å². The number of hydrogen-bond donors (Lipinski definition) is 2. The Bertz CT molecular complexity index is 824. The molecule has 3 rings (SSSR count). The first-order valence-corrected chi connectivity index (χ1v) is 11.6. The fourth-order valence-corrected chi connectivity index (χ4v) is 3.85. The maximum atomic E-state index is 4.76. The average molecular weight is 423 g/mol. The van der Waals surface area contributed by atoms with E-state index in [-0.39, 0.29) is 0 Å². The van der Waals surface area contributed by atoms with Crippen LogP contribution in [0.3, 0.4) is 0 Å². The van der Waals surface area contributed by atoms with Crippen LogP contribution in [-0.2, 0) is 6.54 Å². The fraction of sp³-hybridized carbons (Fsp3) is 0.520. The molecule has 1 aliphatic heterocycles. The molecule has 1 atom stereocenters. The van der Waals surface area contributed by atoms with E-state index in [1.807, 2.05) is 6.20 Å². The maximum Gasteiger partial charge on any atom is 0.191 e. The van der Waals surface area contributed by atoms with Gasteiger partial charge in [0.25, 0.3) is 0 Å². The summed E-state index contributed by atoms with van der Waals surface area (Å²) in [5, 5.41) is 6.84. The molecule has 1 aromatic carbocycles. The highest BCUT2D eigenvalue weighted by molar-refractivity contribution is 5.79. The molecule has 168 valence electrons. The number of nitrogens with zero attached hydrogens (tertiary/aromatic N) is 4. The molecule has 1 unspecified atom stereocenters. The average Bonchev–Trinajstić information content (AvgIpc) is 2.81. The normalized spacial score (nSPS) is 16.3. The van der Waals surface area contributed by atoms with Crippen molar-refractivity contribution in [2.45, 2.75) is 40.2 Å². The lowest BCUT2D eigenvalue weighted by Crippen LogP contribution is -2.46. The predicted octanol–water partition coefficient (Wildman–Crippen LogP) is 3.39. The fourth-order valence-electron chi connectivity index (χ4n) is 3.85. The molecule has 2 N–H and O–H groups in total. The summed E-state index contributed by atoms with van der Waals surface area (Å²) in [5.41, 5.74) is 3.77. The molecule has 6 heteroatoms. The smallest absolute Gasteiger partial charge is 0.191 e. The SMILES string of the molecule is CCNC(=NCc1ccc(N2CCN(CC)CC2)nc1)NCC(C)c1cccc(C)c1. The number of guanidine groups is 1. The predicted molar refractivity (Wildman–Crippen MR) is 131 cm³/mol. The summed E-state index contributed by atoms with van der Waals surface area (Å²) < 4.78 is 0. The second kappa shape index (κ2) is 11.7. The van der Waals surface area contributed by atoms with E-state index in [4.69, 9.17) is 9.98 Å². The van der Waals surface area contributed by atoms with Gasteiger partial charge in [-0.3, -0.25) is 0 Å². The van der Waals surface area contributed by atoms with Crippen molar-refractivity contribution in [3.05, 3.63) is 59.3 Å². The molecule has 0 aliphatic carbocycles. The number of anilines is 1. The number of nitrogens with one attached hydrogen (secondary N) is 2. The minimum absolute atomic E-state index is 0.415. The molecule has 1 aliphatic rings. The van der Waals surface area contributed by atoms with Crippen molar-refractivity contribution in [2.24, 2.45) is 4.99 Å². The molecule has 0 spiro atoms. The molecule has 6 nitrogen and oxygen atoms in total. The van der Waals surface area contributed by atoms with Crippen molar-refractivity contribution in [1.29, 1.82) is 0 Å². The summed E-state index contributed by atoms with van der Waals surface area (Å²) in [5.74, 6) is 2.33. The van der Waals surface area contributed by atoms with Gasteiger partial charge in [-0.25, -0.2) is 9.98 Å². The lowest BCUT2D eigenvalue weighted by Gasteiger charge is -2.34. The third kappa shape index (κ3) is 6.96. The van der Waals surface area contributed by atoms with Crippen molar-refractivity contribution >= 4 is 11.8 Å². The summed E-state index contributed by atoms with van der Waals surface area (Å²) in [6.07, 6.45) is 1.96. The number of likely N-dealkylation sites (N-methyl/N-ethyl adjacent to an activating group) is 1. The highest BCUT2D eigenvalue weighted by Crippen LogP contribution is 2.16. The van der Waals surface area contributed by atoms with Gasteiger partial charge in [0.15, 0.2) is 5.96 Å². The molecule has 0 saturated carbocycles. The van der Waals surface area contributed by atoms with Crippen LogP contribution in [0, 0.1) is 6.92 Å². The van der Waals surface area contributed by atoms with Crippen molar-refractivity contribution in [3.63, 3.8) is 0 Å². The largest absolute Gasteiger partial charge is 0.357 e. The van der Waals surface area contributed by atoms with Gasteiger partial charge in [-0.1, -0.05) is 49.7 Å². The minimum atomic E-state index is 0.415. The van der Waals surface area contributed by atoms with Crippen molar-refractivity contribution in [2.75, 3.05) is 50.7 Å². The minimum Gasteiger partial charge on any atom is -0.357 e. The van der Waals surface area contributed by atoms with Crippen molar-refractivity contribution in [1.82, 2.24) is 20.5 Å². The van der Waals surface area contributed by atoms with Gasteiger partial charge in [0.2, 0.25) is 0 Å². The van der Waals surface area contributed by atoms with E-state index in [2.05, 4.69) is 84.5 Å². The number of piperazine rings is 1. The standard InChI is InChI=1S/C25H38N6/c1-5-26-25(28-17-21(4)23-9-7-8-20(3)16-23)29-19-22-10-11-24(27-18-22)31-14-12-30(6-2)13-15-31/h7-11,16,18,21H,5-6,12-15,17,19H2,1-4H3,(H2,26,28,29). The third-order valence-electron chi connectivity index (χ3n) is 5.90. The molecule has 0 amide bonds. The van der Waals surface area contributed by atoms with E-state index in [0.717, 1.165) is 63.2 Å². The van der Waals surface area contributed by atoms with E-state index in [1.165, 1.54) is 11.1 Å². The van der Waals surface area contributed by atoms with Gasteiger partial charge in [-0.15, -0.1) is 0 Å². The molecular weight excluding hydrogens is 384 g/mol. The molecule has 2 aromatic rings. The zero-order chi connectivity index (χ0) is 22.1. The summed E-state index contributed by atoms with van der Waals surface area (Å²) in [7, 11) is 0. The number of hydrogen-bond acceptors (Lipinski definition) is 4. The van der Waals surface area contributed by atoms with E-state index in [1.54, 1.807) is 0 Å². The molecule has 31 heavy (non-hydrogen) atoms. The quantitative estimate of drug-likeness (QED) is 0.504. The number of benzene rings is 1. The number of aryl methyl sites for hydroxylation is 1. The summed E-state index contributed by atoms with van der Waals surface area (Å²) >= 11 is 0. The number of pyridine rings is 1. The molecule has 1 fully saturated rings. The van der Waals surface area contributed by atoms with Crippen LogP contribution in [0.15, 0.2) is 47.6 Å². The van der Waals surface area contributed by atoms with Gasteiger partial charge in [0, 0.05) is 45.5 Å². The Morgan fingerprint density at radius 1 is 1.10 bits per heavy atom. The van der Waals surface area contributed by atoms with E-state index in [0.29, 0.717) is 12.5 Å². The van der Waals surface area contributed by atoms with Crippen LogP contribution in [-0.4, -0.2) is 61.7 Å². The van der Waals surface area contributed by atoms with Gasteiger partial charge in [0.05, 0.1) is 6.54 Å². The Balaban J connectivity index is 1.53. The van der Waals surface area contributed by atoms with Crippen LogP contribution >= 0.6 is 0 Å². The number of aromatic nitrogens is 1. The Labute approximate surface area is 187 Å². The van der Waals surface area contributed by atoms with E-state index >= 15 is 0 Å².